The molecule has 126 valence electrons. The molecule has 5 nitrogen and oxygen atoms in total. The van der Waals surface area contributed by atoms with Gasteiger partial charge in [-0.3, -0.25) is 9.36 Å². The Bertz CT molecular complexity index is 912. The third-order valence-electron chi connectivity index (χ3n) is 4.14. The number of nitrogens with zero attached hydrogens (tertiary/aromatic N) is 4. The largest absolute Gasteiger partial charge is 0.318 e. The van der Waals surface area contributed by atoms with E-state index in [2.05, 4.69) is 23.8 Å². The van der Waals surface area contributed by atoms with Crippen molar-refractivity contribution in [1.82, 2.24) is 19.1 Å². The quantitative estimate of drug-likeness (QED) is 0.666. The summed E-state index contributed by atoms with van der Waals surface area (Å²) in [7, 11) is 1.63. The summed E-state index contributed by atoms with van der Waals surface area (Å²) in [5.41, 5.74) is 1.91. The van der Waals surface area contributed by atoms with Gasteiger partial charge < -0.3 is 4.57 Å². The van der Waals surface area contributed by atoms with Crippen molar-refractivity contribution in [2.45, 2.75) is 33.2 Å². The van der Waals surface area contributed by atoms with Crippen molar-refractivity contribution >= 4 is 22.8 Å². The van der Waals surface area contributed by atoms with Crippen LogP contribution in [0.4, 0.5) is 0 Å². The predicted octanol–water partition coefficient (Wildman–Crippen LogP) is 3.42. The summed E-state index contributed by atoms with van der Waals surface area (Å²) in [6, 6.07) is 10.1. The molecule has 0 aliphatic carbocycles. The summed E-state index contributed by atoms with van der Waals surface area (Å²) in [4.78, 5) is 21.6. The second-order valence-electron chi connectivity index (χ2n) is 6.45. The molecule has 0 saturated heterocycles. The molecule has 0 bridgehead atoms. The number of aromatic nitrogens is 4. The van der Waals surface area contributed by atoms with E-state index in [1.165, 1.54) is 4.57 Å². The molecule has 24 heavy (non-hydrogen) atoms. The zero-order valence-electron chi connectivity index (χ0n) is 14.2. The summed E-state index contributed by atoms with van der Waals surface area (Å²) in [6.07, 6.45) is 1.81. The van der Waals surface area contributed by atoms with E-state index in [9.17, 15) is 4.79 Å². The summed E-state index contributed by atoms with van der Waals surface area (Å²) >= 11 is 6.04. The van der Waals surface area contributed by atoms with E-state index in [0.717, 1.165) is 24.2 Å². The maximum Gasteiger partial charge on any atom is 0.280 e. The van der Waals surface area contributed by atoms with Crippen molar-refractivity contribution in [3.63, 3.8) is 0 Å². The van der Waals surface area contributed by atoms with Gasteiger partial charge in [0.05, 0.1) is 0 Å². The number of hydrogen-bond acceptors (Lipinski definition) is 3. The highest BCUT2D eigenvalue weighted by molar-refractivity contribution is 6.28. The third-order valence-corrected chi connectivity index (χ3v) is 4.48. The average Bonchev–Trinajstić information content (AvgIpc) is 2.89. The van der Waals surface area contributed by atoms with Crippen LogP contribution in [0.3, 0.4) is 0 Å². The Balaban J connectivity index is 2.16. The molecule has 6 heteroatoms. The molecule has 2 aromatic heterocycles. The normalized spacial score (nSPS) is 11.5. The van der Waals surface area contributed by atoms with Crippen molar-refractivity contribution < 1.29 is 0 Å². The van der Waals surface area contributed by atoms with Crippen LogP contribution >= 0.6 is 11.6 Å². The van der Waals surface area contributed by atoms with Gasteiger partial charge in [-0.25, -0.2) is 4.98 Å². The van der Waals surface area contributed by atoms with E-state index in [1.807, 2.05) is 34.9 Å². The summed E-state index contributed by atoms with van der Waals surface area (Å²) in [5.74, 6) is 1.45. The molecular formula is C18H21ClN4O. The lowest BCUT2D eigenvalue weighted by Crippen LogP contribution is -2.21. The number of imidazole rings is 1. The Morgan fingerprint density at radius 1 is 1.17 bits per heavy atom. The van der Waals surface area contributed by atoms with Crippen molar-refractivity contribution in [2.75, 3.05) is 0 Å². The van der Waals surface area contributed by atoms with Crippen molar-refractivity contribution in [3.05, 3.63) is 57.4 Å². The molecule has 1 aromatic carbocycles. The van der Waals surface area contributed by atoms with E-state index < -0.39 is 0 Å². The van der Waals surface area contributed by atoms with Gasteiger partial charge in [0.15, 0.2) is 11.2 Å². The Morgan fingerprint density at radius 2 is 1.88 bits per heavy atom. The molecule has 0 N–H and O–H groups in total. The highest BCUT2D eigenvalue weighted by Crippen LogP contribution is 2.18. The second-order valence-corrected chi connectivity index (χ2v) is 6.79. The topological polar surface area (TPSA) is 52.7 Å². The van der Waals surface area contributed by atoms with Gasteiger partial charge in [-0.05, 0) is 29.5 Å². The fraction of sp³-hybridized carbons (Fsp3) is 0.389. The van der Waals surface area contributed by atoms with Gasteiger partial charge in [0, 0.05) is 20.0 Å². The lowest BCUT2D eigenvalue weighted by Gasteiger charge is -2.10. The van der Waals surface area contributed by atoms with Gasteiger partial charge in [0.1, 0.15) is 5.82 Å². The van der Waals surface area contributed by atoms with Gasteiger partial charge in [0.2, 0.25) is 5.28 Å². The maximum atomic E-state index is 12.7. The summed E-state index contributed by atoms with van der Waals surface area (Å²) in [5, 5.41) is 0.160. The molecule has 3 rings (SSSR count). The molecular weight excluding hydrogens is 324 g/mol. The second kappa shape index (κ2) is 6.77. The first-order valence-corrected chi connectivity index (χ1v) is 8.50. The van der Waals surface area contributed by atoms with Gasteiger partial charge in [0.25, 0.3) is 5.56 Å². The SMILES string of the molecule is CC(C)CCc1nc2nc(Cl)n(C)c(=O)c2n1Cc1ccccc1. The number of aryl methyl sites for hydroxylation is 1. The Hall–Kier alpha value is -2.14. The minimum atomic E-state index is -0.163. The lowest BCUT2D eigenvalue weighted by molar-refractivity contribution is 0.563. The number of fused-ring (bicyclic) bond motifs is 1. The summed E-state index contributed by atoms with van der Waals surface area (Å²) in [6.45, 7) is 4.96. The van der Waals surface area contributed by atoms with E-state index >= 15 is 0 Å². The molecule has 0 unspecified atom stereocenters. The van der Waals surface area contributed by atoms with Crippen LogP contribution < -0.4 is 5.56 Å². The predicted molar refractivity (Wildman–Crippen MR) is 96.5 cm³/mol. The van der Waals surface area contributed by atoms with Crippen LogP contribution in [0.25, 0.3) is 11.2 Å². The van der Waals surface area contributed by atoms with Gasteiger partial charge >= 0.3 is 0 Å². The van der Waals surface area contributed by atoms with Crippen molar-refractivity contribution in [1.29, 1.82) is 0 Å². The first-order chi connectivity index (χ1) is 11.5. The number of halogens is 1. The Morgan fingerprint density at radius 3 is 2.54 bits per heavy atom. The first kappa shape index (κ1) is 16.7. The van der Waals surface area contributed by atoms with Crippen LogP contribution in [-0.4, -0.2) is 19.1 Å². The van der Waals surface area contributed by atoms with E-state index in [0.29, 0.717) is 23.6 Å². The molecule has 0 saturated carbocycles. The van der Waals surface area contributed by atoms with Crippen molar-refractivity contribution in [2.24, 2.45) is 13.0 Å². The van der Waals surface area contributed by atoms with E-state index in [-0.39, 0.29) is 10.8 Å². The number of benzene rings is 1. The van der Waals surface area contributed by atoms with Gasteiger partial charge in [-0.1, -0.05) is 44.2 Å². The molecule has 0 amide bonds. The van der Waals surface area contributed by atoms with E-state index in [1.54, 1.807) is 7.05 Å². The molecule has 0 aliphatic rings. The highest BCUT2D eigenvalue weighted by Gasteiger charge is 2.18. The lowest BCUT2D eigenvalue weighted by atomic mass is 10.1. The molecule has 3 aromatic rings. The smallest absolute Gasteiger partial charge is 0.280 e. The molecule has 0 fully saturated rings. The molecule has 0 atom stereocenters. The first-order valence-electron chi connectivity index (χ1n) is 8.13. The third kappa shape index (κ3) is 3.22. The van der Waals surface area contributed by atoms with Crippen LogP contribution in [0.1, 0.15) is 31.7 Å². The minimum absolute atomic E-state index is 0.160. The zero-order chi connectivity index (χ0) is 17.3. The monoisotopic (exact) mass is 344 g/mol. The molecule has 2 heterocycles. The van der Waals surface area contributed by atoms with Crippen LogP contribution in [0.15, 0.2) is 35.1 Å². The van der Waals surface area contributed by atoms with E-state index in [4.69, 9.17) is 11.6 Å². The van der Waals surface area contributed by atoms with Gasteiger partial charge in [-0.15, -0.1) is 0 Å². The number of hydrogen-bond donors (Lipinski definition) is 0. The fourth-order valence-electron chi connectivity index (χ4n) is 2.72. The molecule has 0 radical (unpaired) electrons. The zero-order valence-corrected chi connectivity index (χ0v) is 14.9. The Kier molecular flexibility index (Phi) is 4.71. The molecule has 0 aliphatic heterocycles. The maximum absolute atomic E-state index is 12.7. The molecule has 0 spiro atoms. The van der Waals surface area contributed by atoms with Crippen LogP contribution in [0, 0.1) is 5.92 Å². The van der Waals surface area contributed by atoms with Gasteiger partial charge in [-0.2, -0.15) is 4.98 Å². The minimum Gasteiger partial charge on any atom is -0.318 e. The average molecular weight is 345 g/mol. The fourth-order valence-corrected chi connectivity index (χ4v) is 2.88. The van der Waals surface area contributed by atoms with Crippen LogP contribution in [0.2, 0.25) is 5.28 Å². The summed E-state index contributed by atoms with van der Waals surface area (Å²) < 4.78 is 3.35. The van der Waals surface area contributed by atoms with Crippen LogP contribution in [-0.2, 0) is 20.0 Å². The van der Waals surface area contributed by atoms with Crippen molar-refractivity contribution in [3.8, 4) is 0 Å². The Labute approximate surface area is 145 Å². The van der Waals surface area contributed by atoms with Crippen LogP contribution in [0.5, 0.6) is 0 Å². The standard InChI is InChI=1S/C18H21ClN4O/c1-12(2)9-10-14-20-16-15(17(24)22(3)18(19)21-16)23(14)11-13-7-5-4-6-8-13/h4-8,12H,9-11H2,1-3H3. The number of rotatable bonds is 5. The highest BCUT2D eigenvalue weighted by atomic mass is 35.5.